The molecule has 1 heterocycles. The lowest BCUT2D eigenvalue weighted by atomic mass is 10.1. The molecule has 0 saturated carbocycles. The first-order valence-corrected chi connectivity index (χ1v) is 6.10. The normalized spacial score (nSPS) is 13.8. The van der Waals surface area contributed by atoms with Crippen LogP contribution in [0.2, 0.25) is 0 Å². The zero-order valence-electron chi connectivity index (χ0n) is 11.2. The van der Waals surface area contributed by atoms with Crippen molar-refractivity contribution in [3.05, 3.63) is 29.0 Å². The smallest absolute Gasteiger partial charge is 0.352 e. The molecule has 0 bridgehead atoms. The number of carboxylic acids is 1. The summed E-state index contributed by atoms with van der Waals surface area (Å²) in [4.78, 5) is 22.1. The minimum Gasteiger partial charge on any atom is -0.486 e. The van der Waals surface area contributed by atoms with Crippen molar-refractivity contribution in [3.63, 3.8) is 0 Å². The molecule has 0 aliphatic carbocycles. The second-order valence-electron chi connectivity index (χ2n) is 4.41. The van der Waals surface area contributed by atoms with Crippen molar-refractivity contribution in [3.8, 4) is 11.5 Å². The highest BCUT2D eigenvalue weighted by molar-refractivity contribution is 5.96. The fourth-order valence-corrected chi connectivity index (χ4v) is 1.95. The van der Waals surface area contributed by atoms with Gasteiger partial charge < -0.3 is 19.9 Å². The maximum absolute atomic E-state index is 11.1. The molecule has 0 fully saturated rings. The SMILES string of the molecule is CC(=O)NC(=Cc1cc(C)c2c(c1)OCCO2)C(=O)O. The lowest BCUT2D eigenvalue weighted by Crippen LogP contribution is -2.24. The Balaban J connectivity index is 2.39. The van der Waals surface area contributed by atoms with E-state index in [0.717, 1.165) is 5.56 Å². The molecule has 1 aromatic rings. The van der Waals surface area contributed by atoms with E-state index in [0.29, 0.717) is 30.3 Å². The van der Waals surface area contributed by atoms with Crippen LogP contribution in [0.3, 0.4) is 0 Å². The van der Waals surface area contributed by atoms with Crippen molar-refractivity contribution in [2.24, 2.45) is 0 Å². The molecular weight excluding hydrogens is 262 g/mol. The summed E-state index contributed by atoms with van der Waals surface area (Å²) in [7, 11) is 0. The van der Waals surface area contributed by atoms with Gasteiger partial charge in [-0.05, 0) is 36.3 Å². The number of carboxylic acid groups (broad SMARTS) is 1. The molecule has 0 saturated heterocycles. The van der Waals surface area contributed by atoms with Gasteiger partial charge in [-0.3, -0.25) is 4.79 Å². The van der Waals surface area contributed by atoms with Gasteiger partial charge in [0, 0.05) is 6.92 Å². The van der Waals surface area contributed by atoms with Crippen molar-refractivity contribution in [2.75, 3.05) is 13.2 Å². The Morgan fingerprint density at radius 1 is 1.30 bits per heavy atom. The molecule has 0 atom stereocenters. The molecule has 6 nitrogen and oxygen atoms in total. The second kappa shape index (κ2) is 5.64. The number of aryl methyl sites for hydroxylation is 1. The number of carbonyl (C=O) groups is 2. The Morgan fingerprint density at radius 3 is 2.65 bits per heavy atom. The number of aliphatic carboxylic acids is 1. The molecule has 106 valence electrons. The van der Waals surface area contributed by atoms with Gasteiger partial charge in [0.25, 0.3) is 0 Å². The fourth-order valence-electron chi connectivity index (χ4n) is 1.95. The monoisotopic (exact) mass is 277 g/mol. The lowest BCUT2D eigenvalue weighted by Gasteiger charge is -2.20. The third kappa shape index (κ3) is 3.09. The molecule has 0 spiro atoms. The van der Waals surface area contributed by atoms with Crippen molar-refractivity contribution >= 4 is 18.0 Å². The van der Waals surface area contributed by atoms with Gasteiger partial charge in [0.05, 0.1) is 0 Å². The first-order valence-electron chi connectivity index (χ1n) is 6.10. The zero-order chi connectivity index (χ0) is 14.7. The summed E-state index contributed by atoms with van der Waals surface area (Å²) in [5.74, 6) is -0.388. The van der Waals surface area contributed by atoms with Gasteiger partial charge in [-0.2, -0.15) is 0 Å². The maximum Gasteiger partial charge on any atom is 0.352 e. The van der Waals surface area contributed by atoms with Gasteiger partial charge >= 0.3 is 5.97 Å². The highest BCUT2D eigenvalue weighted by Crippen LogP contribution is 2.35. The Bertz CT molecular complexity index is 591. The average Bonchev–Trinajstić information content (AvgIpc) is 2.37. The van der Waals surface area contributed by atoms with Crippen LogP contribution in [0.1, 0.15) is 18.1 Å². The number of ether oxygens (including phenoxy) is 2. The molecule has 1 aliphatic rings. The summed E-state index contributed by atoms with van der Waals surface area (Å²) in [6.45, 7) is 4.06. The standard InChI is InChI=1S/C14H15NO5/c1-8-5-10(6-11(14(17)18)15-9(2)16)7-12-13(8)20-4-3-19-12/h5-7H,3-4H2,1-2H3,(H,15,16)(H,17,18). The van der Waals surface area contributed by atoms with E-state index in [1.54, 1.807) is 12.1 Å². The molecule has 0 radical (unpaired) electrons. The van der Waals surface area contributed by atoms with Crippen LogP contribution in [0.4, 0.5) is 0 Å². The van der Waals surface area contributed by atoms with Gasteiger partial charge in [0.1, 0.15) is 18.9 Å². The topological polar surface area (TPSA) is 84.9 Å². The fraction of sp³-hybridized carbons (Fsp3) is 0.286. The molecule has 0 aromatic heterocycles. The van der Waals surface area contributed by atoms with Gasteiger partial charge in [0.15, 0.2) is 11.5 Å². The molecule has 1 aliphatic heterocycles. The Labute approximate surface area is 116 Å². The summed E-state index contributed by atoms with van der Waals surface area (Å²) in [6, 6.07) is 3.46. The first kappa shape index (κ1) is 13.9. The number of fused-ring (bicyclic) bond motifs is 1. The maximum atomic E-state index is 11.1. The van der Waals surface area contributed by atoms with Crippen LogP contribution in [-0.4, -0.2) is 30.2 Å². The van der Waals surface area contributed by atoms with E-state index in [4.69, 9.17) is 14.6 Å². The van der Waals surface area contributed by atoms with Crippen LogP contribution in [0.25, 0.3) is 6.08 Å². The number of nitrogens with one attached hydrogen (secondary N) is 1. The van der Waals surface area contributed by atoms with Crippen molar-refractivity contribution < 1.29 is 24.2 Å². The quantitative estimate of drug-likeness (QED) is 0.814. The third-order valence-corrected chi connectivity index (χ3v) is 2.70. The van der Waals surface area contributed by atoms with E-state index in [9.17, 15) is 9.59 Å². The van der Waals surface area contributed by atoms with Crippen LogP contribution >= 0.6 is 0 Å². The molecule has 20 heavy (non-hydrogen) atoms. The van der Waals surface area contributed by atoms with E-state index in [1.165, 1.54) is 13.0 Å². The molecule has 2 rings (SSSR count). The van der Waals surface area contributed by atoms with E-state index < -0.39 is 11.9 Å². The largest absolute Gasteiger partial charge is 0.486 e. The van der Waals surface area contributed by atoms with Crippen LogP contribution in [-0.2, 0) is 9.59 Å². The van der Waals surface area contributed by atoms with E-state index in [-0.39, 0.29) is 5.70 Å². The molecule has 1 amide bonds. The predicted molar refractivity (Wildman–Crippen MR) is 71.6 cm³/mol. The number of amides is 1. The zero-order valence-corrected chi connectivity index (χ0v) is 11.2. The van der Waals surface area contributed by atoms with E-state index >= 15 is 0 Å². The first-order chi connectivity index (χ1) is 9.47. The van der Waals surface area contributed by atoms with Crippen molar-refractivity contribution in [2.45, 2.75) is 13.8 Å². The summed E-state index contributed by atoms with van der Waals surface area (Å²) >= 11 is 0. The summed E-state index contributed by atoms with van der Waals surface area (Å²) in [5, 5.41) is 11.3. The van der Waals surface area contributed by atoms with Gasteiger partial charge in [0.2, 0.25) is 5.91 Å². The van der Waals surface area contributed by atoms with E-state index in [1.807, 2.05) is 6.92 Å². The molecule has 6 heteroatoms. The number of rotatable bonds is 3. The predicted octanol–water partition coefficient (Wildman–Crippen LogP) is 1.33. The Morgan fingerprint density at radius 2 is 2.00 bits per heavy atom. The molecule has 0 unspecified atom stereocenters. The number of carbonyl (C=O) groups excluding carboxylic acids is 1. The Kier molecular flexibility index (Phi) is 3.93. The Hall–Kier alpha value is -2.50. The summed E-state index contributed by atoms with van der Waals surface area (Å²) < 4.78 is 11.0. The third-order valence-electron chi connectivity index (χ3n) is 2.70. The summed E-state index contributed by atoms with van der Waals surface area (Å²) in [6.07, 6.45) is 1.38. The molecule has 2 N–H and O–H groups in total. The van der Waals surface area contributed by atoms with Crippen LogP contribution in [0.15, 0.2) is 17.8 Å². The molecular formula is C14H15NO5. The minimum atomic E-state index is -1.20. The lowest BCUT2D eigenvalue weighted by molar-refractivity contribution is -0.134. The average molecular weight is 277 g/mol. The van der Waals surface area contributed by atoms with Gasteiger partial charge in [-0.1, -0.05) is 0 Å². The second-order valence-corrected chi connectivity index (χ2v) is 4.41. The van der Waals surface area contributed by atoms with Crippen molar-refractivity contribution in [1.82, 2.24) is 5.32 Å². The minimum absolute atomic E-state index is 0.187. The number of hydrogen-bond acceptors (Lipinski definition) is 4. The highest BCUT2D eigenvalue weighted by atomic mass is 16.6. The van der Waals surface area contributed by atoms with Crippen LogP contribution < -0.4 is 14.8 Å². The summed E-state index contributed by atoms with van der Waals surface area (Å²) in [5.41, 5.74) is 1.28. The number of benzene rings is 1. The van der Waals surface area contributed by atoms with Crippen molar-refractivity contribution in [1.29, 1.82) is 0 Å². The van der Waals surface area contributed by atoms with Gasteiger partial charge in [-0.15, -0.1) is 0 Å². The van der Waals surface area contributed by atoms with Gasteiger partial charge in [-0.25, -0.2) is 4.79 Å². The van der Waals surface area contributed by atoms with E-state index in [2.05, 4.69) is 5.32 Å². The van der Waals surface area contributed by atoms with Crippen LogP contribution in [0.5, 0.6) is 11.5 Å². The molecule has 1 aromatic carbocycles. The highest BCUT2D eigenvalue weighted by Gasteiger charge is 2.16. The number of hydrogen-bond donors (Lipinski definition) is 2. The van der Waals surface area contributed by atoms with Crippen LogP contribution in [0, 0.1) is 6.92 Å².